The molecule has 0 saturated carbocycles. The van der Waals surface area contributed by atoms with Crippen molar-refractivity contribution >= 4 is 18.3 Å². The van der Waals surface area contributed by atoms with Gasteiger partial charge in [-0.3, -0.25) is 4.79 Å². The molecule has 1 saturated heterocycles. The Bertz CT molecular complexity index is 199. The third kappa shape index (κ3) is 4.71. The first-order valence-corrected chi connectivity index (χ1v) is 6.23. The lowest BCUT2D eigenvalue weighted by Crippen LogP contribution is -2.40. The van der Waals surface area contributed by atoms with E-state index < -0.39 is 0 Å². The zero-order valence-electron chi connectivity index (χ0n) is 10.5. The van der Waals surface area contributed by atoms with Crippen LogP contribution in [0.15, 0.2) is 0 Å². The SMILES string of the molecule is CCC1CCCCCN1C(=O)CCNC.Cl. The summed E-state index contributed by atoms with van der Waals surface area (Å²) in [6, 6.07) is 0.497. The quantitative estimate of drug-likeness (QED) is 0.827. The highest BCUT2D eigenvalue weighted by Crippen LogP contribution is 2.19. The average molecular weight is 249 g/mol. The zero-order valence-corrected chi connectivity index (χ0v) is 11.3. The zero-order chi connectivity index (χ0) is 11.1. The number of halogens is 1. The van der Waals surface area contributed by atoms with Gasteiger partial charge in [-0.15, -0.1) is 12.4 Å². The van der Waals surface area contributed by atoms with Gasteiger partial charge in [0.25, 0.3) is 0 Å². The minimum Gasteiger partial charge on any atom is -0.340 e. The molecule has 96 valence electrons. The molecule has 1 N–H and O–H groups in total. The molecule has 0 aliphatic carbocycles. The molecule has 1 unspecified atom stereocenters. The molecule has 0 spiro atoms. The highest BCUT2D eigenvalue weighted by molar-refractivity contribution is 5.85. The molecule has 4 heteroatoms. The van der Waals surface area contributed by atoms with E-state index in [2.05, 4.69) is 17.1 Å². The number of hydrogen-bond acceptors (Lipinski definition) is 2. The topological polar surface area (TPSA) is 32.3 Å². The Balaban J connectivity index is 0.00000225. The van der Waals surface area contributed by atoms with Crippen molar-refractivity contribution in [2.75, 3.05) is 20.1 Å². The second kappa shape index (κ2) is 8.82. The van der Waals surface area contributed by atoms with Crippen LogP contribution in [0.1, 0.15) is 45.4 Å². The number of carbonyl (C=O) groups excluding carboxylic acids is 1. The van der Waals surface area contributed by atoms with Crippen LogP contribution in [0, 0.1) is 0 Å². The van der Waals surface area contributed by atoms with Crippen LogP contribution >= 0.6 is 12.4 Å². The molecule has 1 aliphatic rings. The molecule has 1 aliphatic heterocycles. The molecule has 1 atom stereocenters. The molecule has 1 fully saturated rings. The molecule has 1 rings (SSSR count). The van der Waals surface area contributed by atoms with Crippen LogP contribution in [0.4, 0.5) is 0 Å². The number of nitrogens with zero attached hydrogens (tertiary/aromatic N) is 1. The van der Waals surface area contributed by atoms with Crippen molar-refractivity contribution in [3.63, 3.8) is 0 Å². The second-order valence-electron chi connectivity index (χ2n) is 4.35. The lowest BCUT2D eigenvalue weighted by Gasteiger charge is -2.29. The third-order valence-electron chi connectivity index (χ3n) is 3.26. The Morgan fingerprint density at radius 1 is 1.38 bits per heavy atom. The first-order valence-electron chi connectivity index (χ1n) is 6.23. The lowest BCUT2D eigenvalue weighted by molar-refractivity contribution is -0.133. The van der Waals surface area contributed by atoms with E-state index in [1.165, 1.54) is 25.7 Å². The van der Waals surface area contributed by atoms with E-state index in [0.29, 0.717) is 18.4 Å². The van der Waals surface area contributed by atoms with Gasteiger partial charge in [0.2, 0.25) is 5.91 Å². The van der Waals surface area contributed by atoms with Crippen LogP contribution < -0.4 is 5.32 Å². The molecule has 0 aromatic rings. The Morgan fingerprint density at radius 2 is 2.12 bits per heavy atom. The van der Waals surface area contributed by atoms with Crippen molar-refractivity contribution in [1.82, 2.24) is 10.2 Å². The minimum absolute atomic E-state index is 0. The van der Waals surface area contributed by atoms with Gasteiger partial charge >= 0.3 is 0 Å². The van der Waals surface area contributed by atoms with Gasteiger partial charge in [-0.1, -0.05) is 19.8 Å². The number of nitrogens with one attached hydrogen (secondary N) is 1. The summed E-state index contributed by atoms with van der Waals surface area (Å²) in [5.74, 6) is 0.332. The van der Waals surface area contributed by atoms with Crippen molar-refractivity contribution in [2.24, 2.45) is 0 Å². The van der Waals surface area contributed by atoms with Crippen LogP contribution in [-0.4, -0.2) is 37.0 Å². The number of amides is 1. The van der Waals surface area contributed by atoms with E-state index in [9.17, 15) is 4.79 Å². The maximum Gasteiger partial charge on any atom is 0.224 e. The number of likely N-dealkylation sites (tertiary alicyclic amines) is 1. The monoisotopic (exact) mass is 248 g/mol. The molecular formula is C12H25ClN2O. The Labute approximate surface area is 105 Å². The van der Waals surface area contributed by atoms with Gasteiger partial charge in [-0.05, 0) is 26.3 Å². The molecule has 0 aromatic carbocycles. The molecule has 16 heavy (non-hydrogen) atoms. The summed E-state index contributed by atoms with van der Waals surface area (Å²) in [6.45, 7) is 3.96. The van der Waals surface area contributed by atoms with Crippen molar-refractivity contribution in [3.05, 3.63) is 0 Å². The fraction of sp³-hybridized carbons (Fsp3) is 0.917. The Kier molecular flexibility index (Phi) is 8.67. The number of carbonyl (C=O) groups is 1. The molecule has 3 nitrogen and oxygen atoms in total. The summed E-state index contributed by atoms with van der Waals surface area (Å²) in [4.78, 5) is 14.1. The van der Waals surface area contributed by atoms with E-state index in [4.69, 9.17) is 0 Å². The summed E-state index contributed by atoms with van der Waals surface area (Å²) in [5, 5.41) is 3.04. The van der Waals surface area contributed by atoms with E-state index in [1.54, 1.807) is 0 Å². The standard InChI is InChI=1S/C12H24N2O.ClH/c1-3-11-7-5-4-6-10-14(11)12(15)8-9-13-2;/h11,13H,3-10H2,1-2H3;1H. The van der Waals surface area contributed by atoms with E-state index in [-0.39, 0.29) is 12.4 Å². The molecule has 1 heterocycles. The molecular weight excluding hydrogens is 224 g/mol. The molecule has 0 bridgehead atoms. The van der Waals surface area contributed by atoms with E-state index in [1.807, 2.05) is 7.05 Å². The van der Waals surface area contributed by atoms with Crippen LogP contribution in [0.3, 0.4) is 0 Å². The van der Waals surface area contributed by atoms with Crippen molar-refractivity contribution in [3.8, 4) is 0 Å². The van der Waals surface area contributed by atoms with Crippen molar-refractivity contribution < 1.29 is 4.79 Å². The lowest BCUT2D eigenvalue weighted by atomic mass is 10.1. The van der Waals surface area contributed by atoms with Crippen LogP contribution in [-0.2, 0) is 4.79 Å². The first kappa shape index (κ1) is 15.7. The Morgan fingerprint density at radius 3 is 2.75 bits per heavy atom. The maximum absolute atomic E-state index is 12.0. The van der Waals surface area contributed by atoms with E-state index >= 15 is 0 Å². The summed E-state index contributed by atoms with van der Waals surface area (Å²) in [5.41, 5.74) is 0. The third-order valence-corrected chi connectivity index (χ3v) is 3.26. The maximum atomic E-state index is 12.0. The van der Waals surface area contributed by atoms with Crippen LogP contribution in [0.25, 0.3) is 0 Å². The van der Waals surface area contributed by atoms with Crippen molar-refractivity contribution in [2.45, 2.75) is 51.5 Å². The van der Waals surface area contributed by atoms with Gasteiger partial charge in [0.05, 0.1) is 0 Å². The largest absolute Gasteiger partial charge is 0.340 e. The van der Waals surface area contributed by atoms with Crippen molar-refractivity contribution in [1.29, 1.82) is 0 Å². The highest BCUT2D eigenvalue weighted by Gasteiger charge is 2.23. The second-order valence-corrected chi connectivity index (χ2v) is 4.35. The molecule has 0 aromatic heterocycles. The summed E-state index contributed by atoms with van der Waals surface area (Å²) in [7, 11) is 1.90. The summed E-state index contributed by atoms with van der Waals surface area (Å²) in [6.07, 6.45) is 6.70. The number of hydrogen-bond donors (Lipinski definition) is 1. The predicted molar refractivity (Wildman–Crippen MR) is 70.1 cm³/mol. The highest BCUT2D eigenvalue weighted by atomic mass is 35.5. The fourth-order valence-electron chi connectivity index (χ4n) is 2.31. The van der Waals surface area contributed by atoms with Gasteiger partial charge in [0, 0.05) is 25.6 Å². The first-order chi connectivity index (χ1) is 7.29. The van der Waals surface area contributed by atoms with Gasteiger partial charge in [0.1, 0.15) is 0 Å². The van der Waals surface area contributed by atoms with Crippen LogP contribution in [0.5, 0.6) is 0 Å². The smallest absolute Gasteiger partial charge is 0.224 e. The minimum atomic E-state index is 0. The van der Waals surface area contributed by atoms with Gasteiger partial charge in [0.15, 0.2) is 0 Å². The summed E-state index contributed by atoms with van der Waals surface area (Å²) < 4.78 is 0. The van der Waals surface area contributed by atoms with E-state index in [0.717, 1.165) is 19.5 Å². The normalized spacial score (nSPS) is 21.1. The Hall–Kier alpha value is -0.280. The summed E-state index contributed by atoms with van der Waals surface area (Å²) >= 11 is 0. The predicted octanol–water partition coefficient (Wildman–Crippen LogP) is 2.20. The number of rotatable bonds is 4. The van der Waals surface area contributed by atoms with Crippen LogP contribution in [0.2, 0.25) is 0 Å². The molecule has 1 amide bonds. The fourth-order valence-corrected chi connectivity index (χ4v) is 2.31. The van der Waals surface area contributed by atoms with Gasteiger partial charge < -0.3 is 10.2 Å². The molecule has 0 radical (unpaired) electrons. The average Bonchev–Trinajstić information content (AvgIpc) is 2.50. The van der Waals surface area contributed by atoms with Gasteiger partial charge in [-0.25, -0.2) is 0 Å². The van der Waals surface area contributed by atoms with Gasteiger partial charge in [-0.2, -0.15) is 0 Å².